The number of aliphatic hydroxyl groups excluding tert-OH is 1. The van der Waals surface area contributed by atoms with Gasteiger partial charge in [0, 0.05) is 24.6 Å². The minimum Gasteiger partial charge on any atom is -0.396 e. The second-order valence-electron chi connectivity index (χ2n) is 5.26. The van der Waals surface area contributed by atoms with Gasteiger partial charge in [0.15, 0.2) is 0 Å². The predicted octanol–water partition coefficient (Wildman–Crippen LogP) is 2.47. The molecule has 2 atom stereocenters. The third kappa shape index (κ3) is 2.85. The molecule has 1 aromatic rings. The summed E-state index contributed by atoms with van der Waals surface area (Å²) in [6.45, 7) is 3.09. The van der Waals surface area contributed by atoms with Crippen molar-refractivity contribution < 1.29 is 9.50 Å². The van der Waals surface area contributed by atoms with Crippen LogP contribution >= 0.6 is 0 Å². The smallest absolute Gasteiger partial charge is 0.123 e. The standard InChI is InChI=1S/C14H20FNO/c1-14(10-17)8-2-3-13(14)16-9-11-4-6-12(15)7-5-11/h4-7,13,16-17H,2-3,8-10H2,1H3. The first-order valence-corrected chi connectivity index (χ1v) is 6.23. The third-order valence-electron chi connectivity index (χ3n) is 3.91. The highest BCUT2D eigenvalue weighted by Crippen LogP contribution is 2.37. The van der Waals surface area contributed by atoms with Gasteiger partial charge in [-0.1, -0.05) is 25.5 Å². The van der Waals surface area contributed by atoms with Crippen molar-refractivity contribution in [2.75, 3.05) is 6.61 Å². The summed E-state index contributed by atoms with van der Waals surface area (Å²) in [5.41, 5.74) is 1.08. The van der Waals surface area contributed by atoms with Crippen molar-refractivity contribution in [3.05, 3.63) is 35.6 Å². The number of nitrogens with one attached hydrogen (secondary N) is 1. The average Bonchev–Trinajstić information content (AvgIpc) is 2.71. The van der Waals surface area contributed by atoms with Crippen LogP contribution in [0.1, 0.15) is 31.7 Å². The molecule has 0 aliphatic heterocycles. The molecule has 17 heavy (non-hydrogen) atoms. The first-order chi connectivity index (χ1) is 8.14. The predicted molar refractivity (Wildman–Crippen MR) is 66.1 cm³/mol. The van der Waals surface area contributed by atoms with E-state index in [9.17, 15) is 9.50 Å². The minimum absolute atomic E-state index is 0.0000301. The number of benzene rings is 1. The molecule has 1 fully saturated rings. The zero-order chi connectivity index (χ0) is 12.3. The topological polar surface area (TPSA) is 32.3 Å². The van der Waals surface area contributed by atoms with Crippen LogP contribution in [-0.4, -0.2) is 17.8 Å². The normalized spacial score (nSPS) is 28.5. The SMILES string of the molecule is CC1(CO)CCCC1NCc1ccc(F)cc1. The molecule has 2 N–H and O–H groups in total. The summed E-state index contributed by atoms with van der Waals surface area (Å²) in [6.07, 6.45) is 3.35. The van der Waals surface area contributed by atoms with E-state index in [0.717, 1.165) is 31.4 Å². The van der Waals surface area contributed by atoms with E-state index in [4.69, 9.17) is 0 Å². The maximum Gasteiger partial charge on any atom is 0.123 e. The van der Waals surface area contributed by atoms with Crippen LogP contribution < -0.4 is 5.32 Å². The molecular weight excluding hydrogens is 217 g/mol. The van der Waals surface area contributed by atoms with Crippen molar-refractivity contribution in [1.29, 1.82) is 0 Å². The molecule has 1 aliphatic carbocycles. The Morgan fingerprint density at radius 1 is 1.41 bits per heavy atom. The van der Waals surface area contributed by atoms with Gasteiger partial charge in [0.2, 0.25) is 0 Å². The molecule has 1 aliphatic rings. The van der Waals surface area contributed by atoms with Crippen LogP contribution in [-0.2, 0) is 6.54 Å². The van der Waals surface area contributed by atoms with E-state index in [1.54, 1.807) is 12.1 Å². The first kappa shape index (κ1) is 12.5. The highest BCUT2D eigenvalue weighted by atomic mass is 19.1. The second kappa shape index (κ2) is 5.15. The molecule has 94 valence electrons. The fourth-order valence-electron chi connectivity index (χ4n) is 2.61. The third-order valence-corrected chi connectivity index (χ3v) is 3.91. The average molecular weight is 237 g/mol. The van der Waals surface area contributed by atoms with Crippen LogP contribution in [0.15, 0.2) is 24.3 Å². The summed E-state index contributed by atoms with van der Waals surface area (Å²) in [5.74, 6) is -0.199. The van der Waals surface area contributed by atoms with Gasteiger partial charge in [-0.05, 0) is 30.5 Å². The van der Waals surface area contributed by atoms with E-state index in [1.165, 1.54) is 12.1 Å². The van der Waals surface area contributed by atoms with Crippen molar-refractivity contribution in [1.82, 2.24) is 5.32 Å². The van der Waals surface area contributed by atoms with E-state index in [2.05, 4.69) is 12.2 Å². The Hall–Kier alpha value is -0.930. The van der Waals surface area contributed by atoms with Gasteiger partial charge in [-0.25, -0.2) is 4.39 Å². The zero-order valence-electron chi connectivity index (χ0n) is 10.2. The Balaban J connectivity index is 1.92. The van der Waals surface area contributed by atoms with Crippen LogP contribution in [0, 0.1) is 11.2 Å². The lowest BCUT2D eigenvalue weighted by molar-refractivity contribution is 0.118. The van der Waals surface area contributed by atoms with Gasteiger partial charge in [-0.2, -0.15) is 0 Å². The highest BCUT2D eigenvalue weighted by Gasteiger charge is 2.37. The minimum atomic E-state index is -0.199. The molecule has 2 nitrogen and oxygen atoms in total. The summed E-state index contributed by atoms with van der Waals surface area (Å²) in [4.78, 5) is 0. The molecular formula is C14H20FNO. The lowest BCUT2D eigenvalue weighted by Gasteiger charge is -2.30. The molecule has 0 spiro atoms. The molecule has 0 amide bonds. The second-order valence-corrected chi connectivity index (χ2v) is 5.26. The van der Waals surface area contributed by atoms with E-state index in [0.29, 0.717) is 6.04 Å². The maximum atomic E-state index is 12.8. The zero-order valence-corrected chi connectivity index (χ0v) is 10.2. The van der Waals surface area contributed by atoms with Crippen LogP contribution in [0.4, 0.5) is 4.39 Å². The Morgan fingerprint density at radius 3 is 2.76 bits per heavy atom. The van der Waals surface area contributed by atoms with Gasteiger partial charge in [-0.15, -0.1) is 0 Å². The Morgan fingerprint density at radius 2 is 2.12 bits per heavy atom. The molecule has 1 saturated carbocycles. The summed E-state index contributed by atoms with van der Waals surface area (Å²) in [7, 11) is 0. The van der Waals surface area contributed by atoms with Crippen molar-refractivity contribution in [2.45, 2.75) is 38.8 Å². The maximum absolute atomic E-state index is 12.8. The van der Waals surface area contributed by atoms with E-state index >= 15 is 0 Å². The van der Waals surface area contributed by atoms with Crippen molar-refractivity contribution in [3.63, 3.8) is 0 Å². The molecule has 3 heteroatoms. The number of aliphatic hydroxyl groups is 1. The molecule has 0 saturated heterocycles. The number of hydrogen-bond donors (Lipinski definition) is 2. The van der Waals surface area contributed by atoms with Crippen molar-refractivity contribution >= 4 is 0 Å². The van der Waals surface area contributed by atoms with Crippen LogP contribution in [0.2, 0.25) is 0 Å². The number of hydrogen-bond acceptors (Lipinski definition) is 2. The molecule has 2 unspecified atom stereocenters. The van der Waals surface area contributed by atoms with Gasteiger partial charge in [-0.3, -0.25) is 0 Å². The quantitative estimate of drug-likeness (QED) is 0.843. The summed E-state index contributed by atoms with van der Waals surface area (Å²) in [6, 6.07) is 6.92. The molecule has 2 rings (SSSR count). The Kier molecular flexibility index (Phi) is 3.79. The van der Waals surface area contributed by atoms with Crippen LogP contribution in [0.3, 0.4) is 0 Å². The Labute approximate surface area is 102 Å². The van der Waals surface area contributed by atoms with E-state index in [-0.39, 0.29) is 17.8 Å². The molecule has 1 aromatic carbocycles. The first-order valence-electron chi connectivity index (χ1n) is 6.23. The van der Waals surface area contributed by atoms with Gasteiger partial charge < -0.3 is 10.4 Å². The van der Waals surface area contributed by atoms with Gasteiger partial charge in [0.05, 0.1) is 0 Å². The molecule has 0 bridgehead atoms. The lowest BCUT2D eigenvalue weighted by Crippen LogP contribution is -2.41. The highest BCUT2D eigenvalue weighted by molar-refractivity contribution is 5.16. The number of halogens is 1. The summed E-state index contributed by atoms with van der Waals surface area (Å²) in [5, 5.41) is 12.9. The van der Waals surface area contributed by atoms with Crippen molar-refractivity contribution in [2.24, 2.45) is 5.41 Å². The summed E-state index contributed by atoms with van der Waals surface area (Å²) >= 11 is 0. The Bertz CT molecular complexity index is 365. The fraction of sp³-hybridized carbons (Fsp3) is 0.571. The van der Waals surface area contributed by atoms with E-state index in [1.807, 2.05) is 0 Å². The van der Waals surface area contributed by atoms with Gasteiger partial charge in [0.1, 0.15) is 5.82 Å². The monoisotopic (exact) mass is 237 g/mol. The largest absolute Gasteiger partial charge is 0.396 e. The van der Waals surface area contributed by atoms with E-state index < -0.39 is 0 Å². The lowest BCUT2D eigenvalue weighted by atomic mass is 9.86. The van der Waals surface area contributed by atoms with Gasteiger partial charge in [0.25, 0.3) is 0 Å². The summed E-state index contributed by atoms with van der Waals surface area (Å²) < 4.78 is 12.8. The number of rotatable bonds is 4. The fourth-order valence-corrected chi connectivity index (χ4v) is 2.61. The molecule has 0 heterocycles. The van der Waals surface area contributed by atoms with Gasteiger partial charge >= 0.3 is 0 Å². The van der Waals surface area contributed by atoms with Crippen LogP contribution in [0.5, 0.6) is 0 Å². The molecule has 0 aromatic heterocycles. The van der Waals surface area contributed by atoms with Crippen LogP contribution in [0.25, 0.3) is 0 Å². The van der Waals surface area contributed by atoms with Crippen molar-refractivity contribution in [3.8, 4) is 0 Å². The molecule has 0 radical (unpaired) electrons.